The lowest BCUT2D eigenvalue weighted by atomic mass is 9.97. The van der Waals surface area contributed by atoms with E-state index in [2.05, 4.69) is 25.7 Å². The Morgan fingerprint density at radius 2 is 1.12 bits per heavy atom. The zero-order chi connectivity index (χ0) is 12.5. The predicted octanol–water partition coefficient (Wildman–Crippen LogP) is 4.71. The number of rotatable bonds is 3. The summed E-state index contributed by atoms with van der Waals surface area (Å²) in [5, 5.41) is 0. The molecule has 0 aromatic heterocycles. The third-order valence-electron chi connectivity index (χ3n) is 4.38. The molecular weight excluding hydrogens is 206 g/mol. The molecule has 0 radical (unpaired) electrons. The molecule has 1 heteroatoms. The highest BCUT2D eigenvalue weighted by atomic mass is 15.1. The van der Waals surface area contributed by atoms with Gasteiger partial charge in [-0.3, -0.25) is 0 Å². The molecule has 1 rings (SSSR count). The average molecular weight is 239 g/mol. The summed E-state index contributed by atoms with van der Waals surface area (Å²) in [6, 6.07) is 0. The lowest BCUT2D eigenvalue weighted by molar-refractivity contribution is 0.205. The van der Waals surface area contributed by atoms with Gasteiger partial charge in [0.1, 0.15) is 0 Å². The molecule has 1 atom stereocenters. The van der Waals surface area contributed by atoms with E-state index >= 15 is 0 Å². The van der Waals surface area contributed by atoms with Gasteiger partial charge in [-0.15, -0.1) is 0 Å². The zero-order valence-corrected chi connectivity index (χ0v) is 12.4. The van der Waals surface area contributed by atoms with Gasteiger partial charge in [-0.1, -0.05) is 59.3 Å². The maximum Gasteiger partial charge on any atom is 0.000946 e. The molecule has 102 valence electrons. The highest BCUT2D eigenvalue weighted by Gasteiger charge is 2.13. The zero-order valence-electron chi connectivity index (χ0n) is 12.4. The van der Waals surface area contributed by atoms with Gasteiger partial charge >= 0.3 is 0 Å². The molecule has 1 saturated heterocycles. The van der Waals surface area contributed by atoms with Gasteiger partial charge in [0.05, 0.1) is 0 Å². The Labute approximate surface area is 109 Å². The molecule has 0 N–H and O–H groups in total. The van der Waals surface area contributed by atoms with Crippen molar-refractivity contribution in [2.45, 2.75) is 72.1 Å². The third-order valence-corrected chi connectivity index (χ3v) is 4.38. The van der Waals surface area contributed by atoms with Crippen molar-refractivity contribution in [1.29, 1.82) is 0 Å². The number of hydrogen-bond acceptors (Lipinski definition) is 1. The van der Waals surface area contributed by atoms with Crippen LogP contribution < -0.4 is 0 Å². The summed E-state index contributed by atoms with van der Waals surface area (Å²) in [5.74, 6) is 1.67. The molecule has 1 aliphatic heterocycles. The fraction of sp³-hybridized carbons (Fsp3) is 1.00. The van der Waals surface area contributed by atoms with Crippen LogP contribution in [0.5, 0.6) is 0 Å². The molecule has 0 amide bonds. The molecule has 1 fully saturated rings. The summed E-state index contributed by atoms with van der Waals surface area (Å²) in [6.45, 7) is 11.1. The molecular formula is C16H33N. The first kappa shape index (κ1) is 15.0. The normalized spacial score (nSPS) is 23.3. The van der Waals surface area contributed by atoms with Crippen LogP contribution in [0.1, 0.15) is 72.1 Å². The molecule has 0 spiro atoms. The molecule has 1 heterocycles. The van der Waals surface area contributed by atoms with Gasteiger partial charge in [-0.25, -0.2) is 0 Å². The third kappa shape index (κ3) is 7.08. The molecule has 0 aromatic carbocycles. The summed E-state index contributed by atoms with van der Waals surface area (Å²) in [5.41, 5.74) is 0. The summed E-state index contributed by atoms with van der Waals surface area (Å²) in [7, 11) is 0. The van der Waals surface area contributed by atoms with Crippen LogP contribution in [0.4, 0.5) is 0 Å². The second-order valence-electron chi connectivity index (χ2n) is 6.35. The number of nitrogens with zero attached hydrogens (tertiary/aromatic N) is 1. The van der Waals surface area contributed by atoms with Gasteiger partial charge in [-0.2, -0.15) is 0 Å². The van der Waals surface area contributed by atoms with E-state index in [1.807, 2.05) is 0 Å². The lowest BCUT2D eigenvalue weighted by Crippen LogP contribution is -2.32. The van der Waals surface area contributed by atoms with Gasteiger partial charge in [0.25, 0.3) is 0 Å². The van der Waals surface area contributed by atoms with Crippen LogP contribution in [-0.2, 0) is 0 Å². The highest BCUT2D eigenvalue weighted by molar-refractivity contribution is 4.66. The van der Waals surface area contributed by atoms with Crippen molar-refractivity contribution in [1.82, 2.24) is 4.90 Å². The predicted molar refractivity (Wildman–Crippen MR) is 77.4 cm³/mol. The quantitative estimate of drug-likeness (QED) is 0.689. The Morgan fingerprint density at radius 3 is 1.53 bits per heavy atom. The van der Waals surface area contributed by atoms with Crippen molar-refractivity contribution in [3.05, 3.63) is 0 Å². The van der Waals surface area contributed by atoms with E-state index in [-0.39, 0.29) is 0 Å². The second-order valence-corrected chi connectivity index (χ2v) is 6.35. The first-order valence-electron chi connectivity index (χ1n) is 7.92. The van der Waals surface area contributed by atoms with E-state index in [1.165, 1.54) is 71.0 Å². The Hall–Kier alpha value is -0.0400. The monoisotopic (exact) mass is 239 g/mol. The van der Waals surface area contributed by atoms with Crippen LogP contribution >= 0.6 is 0 Å². The largest absolute Gasteiger partial charge is 0.303 e. The minimum Gasteiger partial charge on any atom is -0.303 e. The highest BCUT2D eigenvalue weighted by Crippen LogP contribution is 2.15. The maximum atomic E-state index is 2.73. The van der Waals surface area contributed by atoms with Crippen LogP contribution in [0.15, 0.2) is 0 Å². The molecule has 0 aromatic rings. The van der Waals surface area contributed by atoms with E-state index in [9.17, 15) is 0 Å². The summed E-state index contributed by atoms with van der Waals surface area (Å²) >= 11 is 0. The van der Waals surface area contributed by atoms with E-state index in [0.717, 1.165) is 11.8 Å². The summed E-state index contributed by atoms with van der Waals surface area (Å²) in [6.07, 6.45) is 11.6. The van der Waals surface area contributed by atoms with E-state index in [0.29, 0.717) is 0 Å². The Kier molecular flexibility index (Phi) is 7.92. The van der Waals surface area contributed by atoms with Crippen LogP contribution in [0, 0.1) is 11.8 Å². The van der Waals surface area contributed by atoms with Crippen LogP contribution in [0.2, 0.25) is 0 Å². The van der Waals surface area contributed by atoms with Crippen molar-refractivity contribution in [2.75, 3.05) is 19.6 Å². The lowest BCUT2D eigenvalue weighted by Gasteiger charge is -2.27. The van der Waals surface area contributed by atoms with Crippen LogP contribution in [0.25, 0.3) is 0 Å². The Bertz CT molecular complexity index is 164. The van der Waals surface area contributed by atoms with E-state index in [1.54, 1.807) is 0 Å². The van der Waals surface area contributed by atoms with Crippen molar-refractivity contribution in [3.63, 3.8) is 0 Å². The minimum atomic E-state index is 0.827. The van der Waals surface area contributed by atoms with E-state index in [4.69, 9.17) is 0 Å². The molecule has 1 unspecified atom stereocenters. The molecule has 0 saturated carbocycles. The molecule has 1 nitrogen and oxygen atoms in total. The summed E-state index contributed by atoms with van der Waals surface area (Å²) < 4.78 is 0. The second kappa shape index (κ2) is 8.97. The van der Waals surface area contributed by atoms with Gasteiger partial charge < -0.3 is 4.90 Å². The number of hydrogen-bond donors (Lipinski definition) is 0. The van der Waals surface area contributed by atoms with E-state index < -0.39 is 0 Å². The summed E-state index contributed by atoms with van der Waals surface area (Å²) in [4.78, 5) is 2.73. The van der Waals surface area contributed by atoms with Crippen LogP contribution in [0.3, 0.4) is 0 Å². The maximum absolute atomic E-state index is 2.73. The van der Waals surface area contributed by atoms with Gasteiger partial charge in [0.2, 0.25) is 0 Å². The smallest absolute Gasteiger partial charge is 0.000946 e. The Morgan fingerprint density at radius 1 is 0.706 bits per heavy atom. The van der Waals surface area contributed by atoms with Crippen molar-refractivity contribution in [2.24, 2.45) is 11.8 Å². The standard InChI is InChI=1S/C16H33N/c1-15(2)16(3)14-17-12-10-8-6-4-5-7-9-11-13-17/h15-16H,4-14H2,1-3H3. The first-order chi connectivity index (χ1) is 8.20. The molecule has 1 aliphatic rings. The fourth-order valence-corrected chi connectivity index (χ4v) is 2.64. The van der Waals surface area contributed by atoms with Gasteiger partial charge in [0.15, 0.2) is 0 Å². The fourth-order valence-electron chi connectivity index (χ4n) is 2.64. The van der Waals surface area contributed by atoms with Gasteiger partial charge in [-0.05, 0) is 37.8 Å². The molecule has 17 heavy (non-hydrogen) atoms. The van der Waals surface area contributed by atoms with Gasteiger partial charge in [0, 0.05) is 6.54 Å². The van der Waals surface area contributed by atoms with Crippen molar-refractivity contribution >= 4 is 0 Å². The van der Waals surface area contributed by atoms with Crippen LogP contribution in [-0.4, -0.2) is 24.5 Å². The SMILES string of the molecule is CC(C)C(C)CN1CCCCCCCCCC1. The Balaban J connectivity index is 2.32. The first-order valence-corrected chi connectivity index (χ1v) is 7.92. The van der Waals surface area contributed by atoms with Crippen molar-refractivity contribution in [3.8, 4) is 0 Å². The van der Waals surface area contributed by atoms with Crippen molar-refractivity contribution < 1.29 is 0 Å². The average Bonchev–Trinajstić information content (AvgIpc) is 2.35. The minimum absolute atomic E-state index is 0.827. The molecule has 0 aliphatic carbocycles. The topological polar surface area (TPSA) is 3.24 Å². The molecule has 0 bridgehead atoms.